The highest BCUT2D eigenvalue weighted by atomic mass is 14.7. The van der Waals surface area contributed by atoms with E-state index < -0.39 is 0 Å². The molecule has 2 aromatic carbocycles. The van der Waals surface area contributed by atoms with Gasteiger partial charge in [-0.25, -0.2) is 0 Å². The first-order chi connectivity index (χ1) is 10.2. The molecule has 2 nitrogen and oxygen atoms in total. The van der Waals surface area contributed by atoms with Gasteiger partial charge in [-0.15, -0.1) is 0 Å². The topological polar surface area (TPSA) is 38.9 Å². The summed E-state index contributed by atoms with van der Waals surface area (Å²) in [5.41, 5.74) is 11.2. The molecule has 0 radical (unpaired) electrons. The van der Waals surface area contributed by atoms with Crippen LogP contribution in [0.15, 0.2) is 60.8 Å². The van der Waals surface area contributed by atoms with Gasteiger partial charge in [0, 0.05) is 17.6 Å². The van der Waals surface area contributed by atoms with Gasteiger partial charge >= 0.3 is 0 Å². The monoisotopic (exact) mass is 276 g/mol. The van der Waals surface area contributed by atoms with Gasteiger partial charge in [-0.05, 0) is 43.0 Å². The van der Waals surface area contributed by atoms with E-state index in [1.165, 1.54) is 11.1 Å². The standard InChI is InChI=1S/C19H20N2/c1-14-4-2-5-15(12-14)7-10-18(20)17-9-8-16-6-3-11-21-19(16)13-17/h2-6,8-9,11-13,18H,7,10,20H2,1H3. The molecule has 0 aliphatic heterocycles. The van der Waals surface area contributed by atoms with Crippen LogP contribution in [0.1, 0.15) is 29.2 Å². The number of pyridine rings is 1. The molecule has 21 heavy (non-hydrogen) atoms. The summed E-state index contributed by atoms with van der Waals surface area (Å²) in [5, 5.41) is 1.16. The Morgan fingerprint density at radius 2 is 1.95 bits per heavy atom. The summed E-state index contributed by atoms with van der Waals surface area (Å²) in [5.74, 6) is 0. The summed E-state index contributed by atoms with van der Waals surface area (Å²) in [7, 11) is 0. The van der Waals surface area contributed by atoms with Crippen molar-refractivity contribution in [2.24, 2.45) is 5.73 Å². The number of benzene rings is 2. The summed E-state index contributed by atoms with van der Waals surface area (Å²) in [6, 6.07) is 19.0. The SMILES string of the molecule is Cc1cccc(CCC(N)c2ccc3cccnc3c2)c1. The van der Waals surface area contributed by atoms with Crippen LogP contribution in [0.3, 0.4) is 0 Å². The van der Waals surface area contributed by atoms with E-state index in [2.05, 4.69) is 60.4 Å². The third-order valence-electron chi connectivity index (χ3n) is 3.88. The second-order valence-corrected chi connectivity index (χ2v) is 5.59. The molecule has 3 aromatic rings. The molecule has 3 rings (SSSR count). The molecule has 2 heteroatoms. The highest BCUT2D eigenvalue weighted by Gasteiger charge is 2.07. The number of nitrogens with two attached hydrogens (primary N) is 1. The third kappa shape index (κ3) is 3.29. The molecule has 2 N–H and O–H groups in total. The Bertz CT molecular complexity index is 749. The first-order valence-electron chi connectivity index (χ1n) is 7.38. The molecule has 0 saturated heterocycles. The molecule has 0 spiro atoms. The van der Waals surface area contributed by atoms with Crippen LogP contribution in [-0.4, -0.2) is 4.98 Å². The van der Waals surface area contributed by atoms with E-state index in [4.69, 9.17) is 5.73 Å². The third-order valence-corrected chi connectivity index (χ3v) is 3.88. The molecule has 0 amide bonds. The van der Waals surface area contributed by atoms with Gasteiger partial charge in [-0.3, -0.25) is 4.98 Å². The van der Waals surface area contributed by atoms with E-state index in [9.17, 15) is 0 Å². The molecular weight excluding hydrogens is 256 g/mol. The van der Waals surface area contributed by atoms with Crippen molar-refractivity contribution in [3.8, 4) is 0 Å². The predicted octanol–water partition coefficient (Wildman–Crippen LogP) is 4.18. The van der Waals surface area contributed by atoms with Crippen LogP contribution in [0.4, 0.5) is 0 Å². The molecule has 0 saturated carbocycles. The number of hydrogen-bond donors (Lipinski definition) is 1. The average molecular weight is 276 g/mol. The van der Waals surface area contributed by atoms with E-state index in [0.29, 0.717) is 0 Å². The second-order valence-electron chi connectivity index (χ2n) is 5.59. The van der Waals surface area contributed by atoms with Gasteiger partial charge in [0.2, 0.25) is 0 Å². The lowest BCUT2D eigenvalue weighted by Crippen LogP contribution is -2.11. The molecule has 1 atom stereocenters. The van der Waals surface area contributed by atoms with E-state index in [1.54, 1.807) is 0 Å². The Morgan fingerprint density at radius 3 is 2.81 bits per heavy atom. The number of rotatable bonds is 4. The summed E-state index contributed by atoms with van der Waals surface area (Å²) in [6.07, 6.45) is 3.77. The molecule has 0 aliphatic rings. The van der Waals surface area contributed by atoms with Gasteiger partial charge in [-0.2, -0.15) is 0 Å². The smallest absolute Gasteiger partial charge is 0.0705 e. The van der Waals surface area contributed by atoms with E-state index in [1.807, 2.05) is 12.3 Å². The Morgan fingerprint density at radius 1 is 1.05 bits per heavy atom. The van der Waals surface area contributed by atoms with Crippen molar-refractivity contribution in [3.05, 3.63) is 77.5 Å². The molecule has 1 unspecified atom stereocenters. The lowest BCUT2D eigenvalue weighted by atomic mass is 9.98. The lowest BCUT2D eigenvalue weighted by Gasteiger charge is -2.13. The summed E-state index contributed by atoms with van der Waals surface area (Å²) in [4.78, 5) is 4.40. The van der Waals surface area contributed by atoms with E-state index >= 15 is 0 Å². The summed E-state index contributed by atoms with van der Waals surface area (Å²) < 4.78 is 0. The fourth-order valence-corrected chi connectivity index (χ4v) is 2.67. The number of nitrogens with zero attached hydrogens (tertiary/aromatic N) is 1. The van der Waals surface area contributed by atoms with Crippen molar-refractivity contribution >= 4 is 10.9 Å². The zero-order valence-electron chi connectivity index (χ0n) is 12.3. The van der Waals surface area contributed by atoms with Crippen molar-refractivity contribution in [1.82, 2.24) is 4.98 Å². The van der Waals surface area contributed by atoms with Crippen LogP contribution >= 0.6 is 0 Å². The van der Waals surface area contributed by atoms with Gasteiger partial charge in [-0.1, -0.05) is 48.0 Å². The lowest BCUT2D eigenvalue weighted by molar-refractivity contribution is 0.652. The number of aryl methyl sites for hydroxylation is 2. The van der Waals surface area contributed by atoms with E-state index in [0.717, 1.165) is 29.3 Å². The van der Waals surface area contributed by atoms with Crippen LogP contribution in [0.2, 0.25) is 0 Å². The maximum atomic E-state index is 6.34. The van der Waals surface area contributed by atoms with Crippen LogP contribution in [0.5, 0.6) is 0 Å². The van der Waals surface area contributed by atoms with Gasteiger partial charge < -0.3 is 5.73 Å². The van der Waals surface area contributed by atoms with Crippen LogP contribution in [0.25, 0.3) is 10.9 Å². The Hall–Kier alpha value is -2.19. The minimum Gasteiger partial charge on any atom is -0.324 e. The highest BCUT2D eigenvalue weighted by molar-refractivity contribution is 5.78. The molecule has 1 aromatic heterocycles. The minimum atomic E-state index is 0.0527. The zero-order valence-corrected chi connectivity index (χ0v) is 12.3. The molecule has 0 fully saturated rings. The van der Waals surface area contributed by atoms with Crippen molar-refractivity contribution in [1.29, 1.82) is 0 Å². The molecule has 0 bridgehead atoms. The fraction of sp³-hybridized carbons (Fsp3) is 0.211. The fourth-order valence-electron chi connectivity index (χ4n) is 2.67. The number of hydrogen-bond acceptors (Lipinski definition) is 2. The van der Waals surface area contributed by atoms with Crippen molar-refractivity contribution in [3.63, 3.8) is 0 Å². The van der Waals surface area contributed by atoms with E-state index in [-0.39, 0.29) is 6.04 Å². The zero-order chi connectivity index (χ0) is 14.7. The van der Waals surface area contributed by atoms with Gasteiger partial charge in [0.15, 0.2) is 0 Å². The normalized spacial score (nSPS) is 12.5. The first kappa shape index (κ1) is 13.8. The van der Waals surface area contributed by atoms with Crippen molar-refractivity contribution < 1.29 is 0 Å². The number of fused-ring (bicyclic) bond motifs is 1. The largest absolute Gasteiger partial charge is 0.324 e. The van der Waals surface area contributed by atoms with Crippen LogP contribution < -0.4 is 5.73 Å². The molecule has 1 heterocycles. The quantitative estimate of drug-likeness (QED) is 0.776. The molecular formula is C19H20N2. The van der Waals surface area contributed by atoms with Gasteiger partial charge in [0.1, 0.15) is 0 Å². The maximum absolute atomic E-state index is 6.34. The van der Waals surface area contributed by atoms with Gasteiger partial charge in [0.05, 0.1) is 5.52 Å². The average Bonchev–Trinajstić information content (AvgIpc) is 2.52. The van der Waals surface area contributed by atoms with Crippen LogP contribution in [0, 0.1) is 6.92 Å². The summed E-state index contributed by atoms with van der Waals surface area (Å²) >= 11 is 0. The second kappa shape index (κ2) is 6.06. The first-order valence-corrected chi connectivity index (χ1v) is 7.38. The molecule has 0 aliphatic carbocycles. The molecule has 106 valence electrons. The Balaban J connectivity index is 1.73. The van der Waals surface area contributed by atoms with Crippen LogP contribution in [-0.2, 0) is 6.42 Å². The maximum Gasteiger partial charge on any atom is 0.0705 e. The van der Waals surface area contributed by atoms with Crippen molar-refractivity contribution in [2.75, 3.05) is 0 Å². The highest BCUT2D eigenvalue weighted by Crippen LogP contribution is 2.21. The Kier molecular flexibility index (Phi) is 3.98. The van der Waals surface area contributed by atoms with Crippen molar-refractivity contribution in [2.45, 2.75) is 25.8 Å². The predicted molar refractivity (Wildman–Crippen MR) is 88.2 cm³/mol. The Labute approximate surface area is 125 Å². The number of aromatic nitrogens is 1. The van der Waals surface area contributed by atoms with Gasteiger partial charge in [0.25, 0.3) is 0 Å². The minimum absolute atomic E-state index is 0.0527. The summed E-state index contributed by atoms with van der Waals surface area (Å²) in [6.45, 7) is 2.12.